The van der Waals surface area contributed by atoms with Crippen LogP contribution in [0.5, 0.6) is 0 Å². The number of nitrogens with zero attached hydrogens (tertiary/aromatic N) is 1. The van der Waals surface area contributed by atoms with E-state index in [-0.39, 0.29) is 0 Å². The van der Waals surface area contributed by atoms with Crippen LogP contribution in [-0.4, -0.2) is 12.0 Å². The third-order valence-electron chi connectivity index (χ3n) is 5.11. The van der Waals surface area contributed by atoms with Gasteiger partial charge in [0.05, 0.1) is 10.7 Å². The molecule has 0 spiro atoms. The molecule has 0 bridgehead atoms. The Bertz CT molecular complexity index is 440. The van der Waals surface area contributed by atoms with Gasteiger partial charge < -0.3 is 5.32 Å². The van der Waals surface area contributed by atoms with Crippen molar-refractivity contribution in [1.82, 2.24) is 10.3 Å². The zero-order valence-electron chi connectivity index (χ0n) is 13.1. The largest absolute Gasteiger partial charge is 0.315 e. The van der Waals surface area contributed by atoms with Crippen LogP contribution < -0.4 is 5.32 Å². The molecule has 2 aliphatic carbocycles. The third-order valence-corrected chi connectivity index (χ3v) is 6.34. The second kappa shape index (κ2) is 6.15. The first-order chi connectivity index (χ1) is 9.69. The van der Waals surface area contributed by atoms with Gasteiger partial charge >= 0.3 is 0 Å². The van der Waals surface area contributed by atoms with Gasteiger partial charge in [0.15, 0.2) is 0 Å². The second-order valence-corrected chi connectivity index (χ2v) is 8.14. The topological polar surface area (TPSA) is 24.9 Å². The summed E-state index contributed by atoms with van der Waals surface area (Å²) in [5, 5.41) is 4.76. The fraction of sp³-hybridized carbons (Fsp3) is 0.824. The predicted octanol–water partition coefficient (Wildman–Crippen LogP) is 4.67. The van der Waals surface area contributed by atoms with Crippen LogP contribution in [0.2, 0.25) is 0 Å². The highest BCUT2D eigenvalue weighted by Crippen LogP contribution is 2.46. The molecule has 3 rings (SSSR count). The van der Waals surface area contributed by atoms with Crippen molar-refractivity contribution in [3.8, 4) is 0 Å². The fourth-order valence-electron chi connectivity index (χ4n) is 3.55. The lowest BCUT2D eigenvalue weighted by atomic mass is 9.77. The van der Waals surface area contributed by atoms with E-state index in [1.807, 2.05) is 18.4 Å². The lowest BCUT2D eigenvalue weighted by Gasteiger charge is -2.29. The van der Waals surface area contributed by atoms with E-state index >= 15 is 0 Å². The normalized spacial score (nSPS) is 27.2. The molecule has 0 unspecified atom stereocenters. The highest BCUT2D eigenvalue weighted by atomic mass is 32.1. The zero-order chi connectivity index (χ0) is 14.1. The molecule has 3 heteroatoms. The molecule has 1 aromatic heterocycles. The number of nitrogens with one attached hydrogen (secondary N) is 1. The van der Waals surface area contributed by atoms with Gasteiger partial charge in [-0.25, -0.2) is 4.98 Å². The van der Waals surface area contributed by atoms with Crippen molar-refractivity contribution in [1.29, 1.82) is 0 Å². The third kappa shape index (κ3) is 3.09. The molecule has 112 valence electrons. The maximum absolute atomic E-state index is 5.06. The Hall–Kier alpha value is -0.410. The lowest BCUT2D eigenvalue weighted by molar-refractivity contribution is 0.258. The van der Waals surface area contributed by atoms with Crippen molar-refractivity contribution in [3.63, 3.8) is 0 Å². The van der Waals surface area contributed by atoms with E-state index in [1.54, 1.807) is 0 Å². The van der Waals surface area contributed by atoms with E-state index in [0.717, 1.165) is 30.2 Å². The van der Waals surface area contributed by atoms with Crippen molar-refractivity contribution in [2.75, 3.05) is 7.05 Å². The van der Waals surface area contributed by atoms with Crippen LogP contribution in [0.15, 0.2) is 0 Å². The van der Waals surface area contributed by atoms with Crippen LogP contribution in [0.1, 0.15) is 79.8 Å². The molecular formula is C17H28N2S. The molecule has 0 radical (unpaired) electrons. The van der Waals surface area contributed by atoms with Gasteiger partial charge in [0.25, 0.3) is 0 Å². The van der Waals surface area contributed by atoms with Crippen molar-refractivity contribution in [2.45, 2.75) is 70.8 Å². The second-order valence-electron chi connectivity index (χ2n) is 7.02. The summed E-state index contributed by atoms with van der Waals surface area (Å²) in [5.41, 5.74) is 1.44. The summed E-state index contributed by atoms with van der Waals surface area (Å²) < 4.78 is 0. The molecule has 0 atom stereocenters. The van der Waals surface area contributed by atoms with Gasteiger partial charge in [-0.15, -0.1) is 11.3 Å². The van der Waals surface area contributed by atoms with Crippen LogP contribution in [-0.2, 0) is 6.54 Å². The Morgan fingerprint density at radius 3 is 2.30 bits per heavy atom. The average Bonchev–Trinajstić information content (AvgIpc) is 3.21. The highest BCUT2D eigenvalue weighted by Gasteiger charge is 2.32. The minimum Gasteiger partial charge on any atom is -0.315 e. The van der Waals surface area contributed by atoms with E-state index in [9.17, 15) is 0 Å². The van der Waals surface area contributed by atoms with E-state index in [4.69, 9.17) is 4.98 Å². The van der Waals surface area contributed by atoms with E-state index in [1.165, 1.54) is 54.1 Å². The van der Waals surface area contributed by atoms with Crippen LogP contribution in [0, 0.1) is 11.8 Å². The molecule has 2 fully saturated rings. The van der Waals surface area contributed by atoms with Crippen LogP contribution in [0.4, 0.5) is 0 Å². The van der Waals surface area contributed by atoms with E-state index < -0.39 is 0 Å². The zero-order valence-corrected chi connectivity index (χ0v) is 13.9. The molecule has 20 heavy (non-hydrogen) atoms. The monoisotopic (exact) mass is 292 g/mol. The standard InChI is InChI=1S/C17H28N2S/c1-11(2)12-4-8-14(9-5-12)17-19-16(13-6-7-13)15(20-17)10-18-3/h11-14,18H,4-10H2,1-3H3. The SMILES string of the molecule is CNCc1sc(C2CCC(C(C)C)CC2)nc1C1CC1. The first-order valence-corrected chi connectivity index (χ1v) is 9.14. The molecule has 1 aromatic rings. The number of hydrogen-bond donors (Lipinski definition) is 1. The number of thiazole rings is 1. The Labute approximate surface area is 127 Å². The minimum atomic E-state index is 0.748. The Morgan fingerprint density at radius 1 is 1.10 bits per heavy atom. The molecular weight excluding hydrogens is 264 g/mol. The number of aromatic nitrogens is 1. The molecule has 0 aromatic carbocycles. The number of hydrogen-bond acceptors (Lipinski definition) is 3. The minimum absolute atomic E-state index is 0.748. The molecule has 0 aliphatic heterocycles. The summed E-state index contributed by atoms with van der Waals surface area (Å²) in [6.45, 7) is 5.76. The maximum Gasteiger partial charge on any atom is 0.0962 e. The first-order valence-electron chi connectivity index (χ1n) is 8.33. The first kappa shape index (κ1) is 14.5. The Morgan fingerprint density at radius 2 is 1.75 bits per heavy atom. The summed E-state index contributed by atoms with van der Waals surface area (Å²) in [4.78, 5) is 6.57. The van der Waals surface area contributed by atoms with Gasteiger partial charge in [0.2, 0.25) is 0 Å². The van der Waals surface area contributed by atoms with Gasteiger partial charge in [-0.2, -0.15) is 0 Å². The lowest BCUT2D eigenvalue weighted by Crippen LogP contribution is -2.17. The Kier molecular flexibility index (Phi) is 4.46. The van der Waals surface area contributed by atoms with Gasteiger partial charge in [0.1, 0.15) is 0 Å². The molecule has 1 N–H and O–H groups in total. The quantitative estimate of drug-likeness (QED) is 0.853. The molecule has 0 amide bonds. The summed E-state index contributed by atoms with van der Waals surface area (Å²) >= 11 is 1.99. The molecule has 2 saturated carbocycles. The van der Waals surface area contributed by atoms with E-state index in [0.29, 0.717) is 0 Å². The fourth-order valence-corrected chi connectivity index (χ4v) is 4.88. The molecule has 1 heterocycles. The maximum atomic E-state index is 5.06. The smallest absolute Gasteiger partial charge is 0.0962 e. The van der Waals surface area contributed by atoms with Crippen molar-refractivity contribution in [3.05, 3.63) is 15.6 Å². The van der Waals surface area contributed by atoms with Crippen LogP contribution in [0.25, 0.3) is 0 Å². The van der Waals surface area contributed by atoms with Gasteiger partial charge in [-0.1, -0.05) is 13.8 Å². The molecule has 2 nitrogen and oxygen atoms in total. The highest BCUT2D eigenvalue weighted by molar-refractivity contribution is 7.11. The van der Waals surface area contributed by atoms with Crippen molar-refractivity contribution >= 4 is 11.3 Å². The number of rotatable bonds is 5. The van der Waals surface area contributed by atoms with Crippen molar-refractivity contribution in [2.24, 2.45) is 11.8 Å². The summed E-state index contributed by atoms with van der Waals surface area (Å²) in [6.07, 6.45) is 8.25. The van der Waals surface area contributed by atoms with Crippen LogP contribution >= 0.6 is 11.3 Å². The van der Waals surface area contributed by atoms with E-state index in [2.05, 4.69) is 19.2 Å². The van der Waals surface area contributed by atoms with Gasteiger partial charge in [-0.05, 0) is 57.4 Å². The van der Waals surface area contributed by atoms with Crippen LogP contribution in [0.3, 0.4) is 0 Å². The molecule has 0 saturated heterocycles. The van der Waals surface area contributed by atoms with Gasteiger partial charge in [0, 0.05) is 23.3 Å². The summed E-state index contributed by atoms with van der Waals surface area (Å²) in [7, 11) is 2.05. The predicted molar refractivity (Wildman–Crippen MR) is 86.4 cm³/mol. The Balaban J connectivity index is 1.69. The summed E-state index contributed by atoms with van der Waals surface area (Å²) in [5.74, 6) is 3.34. The van der Waals surface area contributed by atoms with Crippen molar-refractivity contribution < 1.29 is 0 Å². The molecule has 2 aliphatic rings. The average molecular weight is 292 g/mol. The summed E-state index contributed by atoms with van der Waals surface area (Å²) in [6, 6.07) is 0. The van der Waals surface area contributed by atoms with Gasteiger partial charge in [-0.3, -0.25) is 0 Å².